The largest absolute Gasteiger partial charge is 0.381 e. The van der Waals surface area contributed by atoms with E-state index in [2.05, 4.69) is 20.8 Å². The van der Waals surface area contributed by atoms with Crippen molar-refractivity contribution in [3.63, 3.8) is 0 Å². The smallest absolute Gasteiger partial charge is 0.182 e. The summed E-state index contributed by atoms with van der Waals surface area (Å²) in [6, 6.07) is 15.8. The predicted molar refractivity (Wildman–Crippen MR) is 95.0 cm³/mol. The first-order valence-electron chi connectivity index (χ1n) is 7.70. The van der Waals surface area contributed by atoms with Crippen LogP contribution in [-0.2, 0) is 23.9 Å². The van der Waals surface area contributed by atoms with E-state index < -0.39 is 10.8 Å². The highest BCUT2D eigenvalue weighted by molar-refractivity contribution is 7.84. The van der Waals surface area contributed by atoms with Crippen LogP contribution in [0.4, 0.5) is 5.69 Å². The molecule has 1 N–H and O–H groups in total. The number of rotatable bonds is 6. The maximum absolute atomic E-state index is 11.4. The number of aromatic nitrogens is 4. The minimum atomic E-state index is -0.942. The van der Waals surface area contributed by atoms with Crippen LogP contribution in [-0.4, -0.2) is 30.7 Å². The van der Waals surface area contributed by atoms with E-state index in [0.29, 0.717) is 6.54 Å². The first kappa shape index (κ1) is 16.3. The molecule has 3 aromatic rings. The molecule has 0 saturated carbocycles. The van der Waals surface area contributed by atoms with Crippen LogP contribution in [0.3, 0.4) is 0 Å². The summed E-state index contributed by atoms with van der Waals surface area (Å²) in [6.45, 7) is 3.43. The van der Waals surface area contributed by atoms with Crippen molar-refractivity contribution >= 4 is 16.5 Å². The van der Waals surface area contributed by atoms with Crippen molar-refractivity contribution in [2.75, 3.05) is 11.6 Å². The van der Waals surface area contributed by atoms with Crippen molar-refractivity contribution in [2.45, 2.75) is 24.9 Å². The molecule has 0 radical (unpaired) electrons. The number of nitrogens with zero attached hydrogens (tertiary/aromatic N) is 4. The van der Waals surface area contributed by atoms with Crippen LogP contribution in [0.1, 0.15) is 12.5 Å². The topological polar surface area (TPSA) is 72.7 Å². The Morgan fingerprint density at radius 2 is 1.96 bits per heavy atom. The molecule has 0 unspecified atom stereocenters. The Bertz CT molecular complexity index is 844. The molecule has 3 rings (SSSR count). The lowest BCUT2D eigenvalue weighted by atomic mass is 10.1. The molecule has 7 heteroatoms. The summed E-state index contributed by atoms with van der Waals surface area (Å²) in [5, 5.41) is 15.2. The van der Waals surface area contributed by atoms with Crippen LogP contribution in [0.5, 0.6) is 0 Å². The third-order valence-corrected chi connectivity index (χ3v) is 4.64. The molecule has 1 heterocycles. The molecular formula is C17H19N5OS. The van der Waals surface area contributed by atoms with Gasteiger partial charge in [-0.05, 0) is 47.2 Å². The zero-order valence-corrected chi connectivity index (χ0v) is 14.5. The van der Waals surface area contributed by atoms with Crippen molar-refractivity contribution in [1.82, 2.24) is 20.2 Å². The molecule has 2 aromatic carbocycles. The van der Waals surface area contributed by atoms with Gasteiger partial charge in [0.1, 0.15) is 0 Å². The molecular weight excluding hydrogens is 322 g/mol. The molecule has 0 spiro atoms. The van der Waals surface area contributed by atoms with Gasteiger partial charge in [-0.2, -0.15) is 0 Å². The normalized spacial score (nSPS) is 12.1. The second kappa shape index (κ2) is 7.35. The number of aryl methyl sites for hydroxylation is 1. The number of anilines is 1. The van der Waals surface area contributed by atoms with Gasteiger partial charge >= 0.3 is 0 Å². The molecule has 124 valence electrons. The maximum Gasteiger partial charge on any atom is 0.182 e. The van der Waals surface area contributed by atoms with Crippen molar-refractivity contribution in [2.24, 2.45) is 0 Å². The van der Waals surface area contributed by atoms with Gasteiger partial charge < -0.3 is 5.32 Å². The Kier molecular flexibility index (Phi) is 5.00. The maximum atomic E-state index is 11.4. The molecule has 0 fully saturated rings. The summed E-state index contributed by atoms with van der Waals surface area (Å²) in [5.74, 6) is 0.760. The number of benzene rings is 2. The molecule has 0 amide bonds. The summed E-state index contributed by atoms with van der Waals surface area (Å²) in [4.78, 5) is 0.840. The SMILES string of the molecule is CCn1nnnc1-c1cccc(NCc2ccc([S@@](C)=O)cc2)c1. The van der Waals surface area contributed by atoms with Crippen LogP contribution >= 0.6 is 0 Å². The van der Waals surface area contributed by atoms with Gasteiger partial charge in [-0.1, -0.05) is 24.3 Å². The molecule has 0 aliphatic carbocycles. The van der Waals surface area contributed by atoms with Crippen molar-refractivity contribution in [3.05, 3.63) is 54.1 Å². The Morgan fingerprint density at radius 3 is 2.67 bits per heavy atom. The highest BCUT2D eigenvalue weighted by Gasteiger charge is 2.08. The Balaban J connectivity index is 1.72. The van der Waals surface area contributed by atoms with E-state index in [-0.39, 0.29) is 0 Å². The second-order valence-corrected chi connectivity index (χ2v) is 6.73. The highest BCUT2D eigenvalue weighted by atomic mass is 32.2. The number of hydrogen-bond donors (Lipinski definition) is 1. The molecule has 0 bridgehead atoms. The number of tetrazole rings is 1. The fraction of sp³-hybridized carbons (Fsp3) is 0.235. The van der Waals surface area contributed by atoms with Crippen LogP contribution in [0.15, 0.2) is 53.4 Å². The van der Waals surface area contributed by atoms with E-state index in [1.807, 2.05) is 55.5 Å². The first-order chi connectivity index (χ1) is 11.7. The molecule has 0 saturated heterocycles. The average molecular weight is 341 g/mol. The molecule has 0 aliphatic heterocycles. The fourth-order valence-corrected chi connectivity index (χ4v) is 2.92. The Morgan fingerprint density at radius 1 is 1.17 bits per heavy atom. The van der Waals surface area contributed by atoms with E-state index in [1.54, 1.807) is 10.9 Å². The van der Waals surface area contributed by atoms with Gasteiger partial charge in [0.25, 0.3) is 0 Å². The van der Waals surface area contributed by atoms with Crippen molar-refractivity contribution in [1.29, 1.82) is 0 Å². The van der Waals surface area contributed by atoms with E-state index >= 15 is 0 Å². The quantitative estimate of drug-likeness (QED) is 0.746. The van der Waals surface area contributed by atoms with E-state index in [0.717, 1.165) is 34.1 Å². The monoisotopic (exact) mass is 341 g/mol. The third-order valence-electron chi connectivity index (χ3n) is 3.70. The molecule has 1 aromatic heterocycles. The summed E-state index contributed by atoms with van der Waals surface area (Å²) >= 11 is 0. The van der Waals surface area contributed by atoms with Gasteiger partial charge in [-0.3, -0.25) is 4.21 Å². The van der Waals surface area contributed by atoms with Gasteiger partial charge in [0.05, 0.1) is 0 Å². The molecule has 1 atom stereocenters. The average Bonchev–Trinajstić information content (AvgIpc) is 3.09. The predicted octanol–water partition coefficient (Wildman–Crippen LogP) is 2.71. The van der Waals surface area contributed by atoms with Gasteiger partial charge in [-0.25, -0.2) is 4.68 Å². The van der Waals surface area contributed by atoms with Gasteiger partial charge in [0.15, 0.2) is 5.82 Å². The van der Waals surface area contributed by atoms with E-state index in [9.17, 15) is 4.21 Å². The summed E-state index contributed by atoms with van der Waals surface area (Å²) < 4.78 is 13.2. The highest BCUT2D eigenvalue weighted by Crippen LogP contribution is 2.20. The van der Waals surface area contributed by atoms with Gasteiger partial charge in [0, 0.05) is 46.3 Å². The van der Waals surface area contributed by atoms with Crippen LogP contribution in [0.25, 0.3) is 11.4 Å². The van der Waals surface area contributed by atoms with Gasteiger partial charge in [-0.15, -0.1) is 5.10 Å². The minimum Gasteiger partial charge on any atom is -0.381 e. The second-order valence-electron chi connectivity index (χ2n) is 5.35. The number of hydrogen-bond acceptors (Lipinski definition) is 5. The first-order valence-corrected chi connectivity index (χ1v) is 9.26. The summed E-state index contributed by atoms with van der Waals surface area (Å²) in [7, 11) is -0.942. The Labute approximate surface area is 143 Å². The zero-order chi connectivity index (χ0) is 16.9. The summed E-state index contributed by atoms with van der Waals surface area (Å²) in [5.41, 5.74) is 3.11. The standard InChI is InChI=1S/C17H19N5OS/c1-3-22-17(19-20-21-22)14-5-4-6-15(11-14)18-12-13-7-9-16(10-8-13)24(2)23/h4-11,18H,3,12H2,1-2H3/t24-/m1/s1. The minimum absolute atomic E-state index is 0.693. The van der Waals surface area contributed by atoms with Crippen LogP contribution in [0, 0.1) is 0 Å². The lowest BCUT2D eigenvalue weighted by Crippen LogP contribution is -2.02. The van der Waals surface area contributed by atoms with E-state index in [4.69, 9.17) is 0 Å². The van der Waals surface area contributed by atoms with Crippen LogP contribution in [0.2, 0.25) is 0 Å². The fourth-order valence-electron chi connectivity index (χ4n) is 2.40. The molecule has 0 aliphatic rings. The lowest BCUT2D eigenvalue weighted by Gasteiger charge is -2.09. The van der Waals surface area contributed by atoms with E-state index in [1.165, 1.54) is 0 Å². The summed E-state index contributed by atoms with van der Waals surface area (Å²) in [6.07, 6.45) is 1.68. The molecule has 24 heavy (non-hydrogen) atoms. The molecule has 6 nitrogen and oxygen atoms in total. The van der Waals surface area contributed by atoms with Crippen molar-refractivity contribution < 1.29 is 4.21 Å². The number of nitrogens with one attached hydrogen (secondary N) is 1. The zero-order valence-electron chi connectivity index (χ0n) is 13.6. The van der Waals surface area contributed by atoms with Crippen molar-refractivity contribution in [3.8, 4) is 11.4 Å². The third kappa shape index (κ3) is 3.68. The lowest BCUT2D eigenvalue weighted by molar-refractivity contribution is 0.631. The van der Waals surface area contributed by atoms with Gasteiger partial charge in [0.2, 0.25) is 0 Å². The van der Waals surface area contributed by atoms with Crippen LogP contribution < -0.4 is 5.32 Å². The Hall–Kier alpha value is -2.54.